The zero-order valence-corrected chi connectivity index (χ0v) is 21.8. The standard InChI is InChI=1S/C26H28F3N9O3/c27-26(28,29)18-8-9-30-19(12-18)14-31-24(41)25-13-22(25)38(36-34-25)11-5-4-10-37-15-20(33-35-37)23(40)32-21(16-39)17-6-2-1-3-7-17/h1-3,6-9,12,15,21-22,39H,4-5,10-11,13-14,16H2,(H,31,41)(H,32,40)/t21-,22?,25?/m1/s1. The lowest BCUT2D eigenvalue weighted by atomic mass is 10.1. The quantitative estimate of drug-likeness (QED) is 0.283. The summed E-state index contributed by atoms with van der Waals surface area (Å²) in [5.41, 5.74) is -0.815. The minimum atomic E-state index is -4.49. The van der Waals surface area contributed by atoms with Crippen molar-refractivity contribution in [2.75, 3.05) is 13.2 Å². The summed E-state index contributed by atoms with van der Waals surface area (Å²) >= 11 is 0. The van der Waals surface area contributed by atoms with E-state index in [4.69, 9.17) is 0 Å². The summed E-state index contributed by atoms with van der Waals surface area (Å²) in [7, 11) is 0. The van der Waals surface area contributed by atoms with Crippen LogP contribution in [-0.2, 0) is 24.1 Å². The highest BCUT2D eigenvalue weighted by molar-refractivity contribution is 5.92. The van der Waals surface area contributed by atoms with Gasteiger partial charge < -0.3 is 15.7 Å². The first-order valence-electron chi connectivity index (χ1n) is 13.1. The summed E-state index contributed by atoms with van der Waals surface area (Å²) in [4.78, 5) is 29.2. The maximum absolute atomic E-state index is 12.9. The van der Waals surface area contributed by atoms with Crippen LogP contribution in [0.25, 0.3) is 0 Å². The number of nitrogens with zero attached hydrogens (tertiary/aromatic N) is 7. The molecule has 15 heteroatoms. The van der Waals surface area contributed by atoms with Gasteiger partial charge in [0.25, 0.3) is 11.8 Å². The van der Waals surface area contributed by atoms with Gasteiger partial charge in [-0.25, -0.2) is 0 Å². The first-order chi connectivity index (χ1) is 19.7. The summed E-state index contributed by atoms with van der Waals surface area (Å²) in [6.45, 7) is 0.662. The Kier molecular flexibility index (Phi) is 7.97. The first-order valence-corrected chi connectivity index (χ1v) is 13.1. The maximum Gasteiger partial charge on any atom is 0.416 e. The molecule has 216 valence electrons. The fraction of sp³-hybridized carbons (Fsp3) is 0.423. The third-order valence-electron chi connectivity index (χ3n) is 7.05. The number of aryl methyl sites for hydroxylation is 1. The number of hydrogen-bond donors (Lipinski definition) is 3. The molecular weight excluding hydrogens is 543 g/mol. The van der Waals surface area contributed by atoms with Crippen LogP contribution < -0.4 is 10.6 Å². The smallest absolute Gasteiger partial charge is 0.394 e. The number of hydrogen-bond acceptors (Lipinski definition) is 9. The summed E-state index contributed by atoms with van der Waals surface area (Å²) in [6, 6.07) is 10.2. The number of aliphatic hydroxyl groups excluding tert-OH is 1. The second kappa shape index (κ2) is 11.6. The van der Waals surface area contributed by atoms with Crippen LogP contribution in [0.5, 0.6) is 0 Å². The van der Waals surface area contributed by atoms with Crippen LogP contribution in [0.1, 0.15) is 52.6 Å². The zero-order chi connectivity index (χ0) is 29.0. The molecule has 3 heterocycles. The first kappa shape index (κ1) is 28.1. The number of pyridine rings is 1. The predicted octanol–water partition coefficient (Wildman–Crippen LogP) is 2.45. The van der Waals surface area contributed by atoms with E-state index in [0.717, 1.165) is 23.9 Å². The highest BCUT2D eigenvalue weighted by Crippen LogP contribution is 2.49. The molecule has 1 aliphatic carbocycles. The van der Waals surface area contributed by atoms with Crippen LogP contribution >= 0.6 is 0 Å². The van der Waals surface area contributed by atoms with E-state index in [2.05, 4.69) is 36.3 Å². The molecule has 5 rings (SSSR count). The van der Waals surface area contributed by atoms with E-state index >= 15 is 0 Å². The Morgan fingerprint density at radius 2 is 1.93 bits per heavy atom. The lowest BCUT2D eigenvalue weighted by Crippen LogP contribution is -2.37. The molecule has 3 aromatic rings. The Morgan fingerprint density at radius 1 is 1.15 bits per heavy atom. The molecule has 41 heavy (non-hydrogen) atoms. The average Bonchev–Trinajstić information content (AvgIpc) is 3.32. The lowest BCUT2D eigenvalue weighted by molar-refractivity contribution is -0.137. The number of nitrogens with one attached hydrogen (secondary N) is 2. The highest BCUT2D eigenvalue weighted by Gasteiger charge is 2.67. The molecule has 2 aliphatic rings. The Morgan fingerprint density at radius 3 is 2.66 bits per heavy atom. The van der Waals surface area contributed by atoms with Gasteiger partial charge in [-0.15, -0.1) is 5.10 Å². The molecule has 12 nitrogen and oxygen atoms in total. The fourth-order valence-electron chi connectivity index (χ4n) is 4.67. The van der Waals surface area contributed by atoms with Crippen molar-refractivity contribution in [3.05, 3.63) is 77.4 Å². The van der Waals surface area contributed by atoms with Crippen molar-refractivity contribution >= 4 is 11.8 Å². The number of rotatable bonds is 12. The van der Waals surface area contributed by atoms with E-state index in [1.807, 2.05) is 30.3 Å². The molecule has 0 bridgehead atoms. The number of halogens is 3. The fourth-order valence-corrected chi connectivity index (χ4v) is 4.67. The molecule has 1 aliphatic heterocycles. The summed E-state index contributed by atoms with van der Waals surface area (Å²) in [5, 5.41) is 33.0. The third-order valence-corrected chi connectivity index (χ3v) is 7.05. The number of unbranched alkanes of at least 4 members (excludes halogenated alkanes) is 1. The van der Waals surface area contributed by atoms with E-state index in [9.17, 15) is 27.9 Å². The normalized spacial score (nSPS) is 20.0. The molecule has 3 atom stereocenters. The second-order valence-corrected chi connectivity index (χ2v) is 9.91. The predicted molar refractivity (Wildman–Crippen MR) is 137 cm³/mol. The van der Waals surface area contributed by atoms with Crippen LogP contribution in [0.2, 0.25) is 0 Å². The Balaban J connectivity index is 1.03. The van der Waals surface area contributed by atoms with Crippen molar-refractivity contribution in [2.45, 2.75) is 56.2 Å². The van der Waals surface area contributed by atoms with E-state index in [1.54, 1.807) is 15.9 Å². The van der Waals surface area contributed by atoms with E-state index in [0.29, 0.717) is 32.4 Å². The minimum absolute atomic E-state index is 0.103. The number of benzene rings is 1. The van der Waals surface area contributed by atoms with Gasteiger partial charge in [0.1, 0.15) is 0 Å². The molecule has 1 aromatic carbocycles. The molecule has 1 saturated carbocycles. The van der Waals surface area contributed by atoms with E-state index in [-0.39, 0.29) is 30.6 Å². The molecule has 2 unspecified atom stereocenters. The van der Waals surface area contributed by atoms with Crippen molar-refractivity contribution in [3.8, 4) is 0 Å². The molecule has 0 spiro atoms. The maximum atomic E-state index is 12.9. The minimum Gasteiger partial charge on any atom is -0.394 e. The summed E-state index contributed by atoms with van der Waals surface area (Å²) in [5.74, 6) is -0.832. The monoisotopic (exact) mass is 571 g/mol. The third kappa shape index (κ3) is 6.34. The van der Waals surface area contributed by atoms with Crippen LogP contribution in [-0.4, -0.2) is 66.6 Å². The number of aliphatic hydroxyl groups is 1. The lowest BCUT2D eigenvalue weighted by Gasteiger charge is -2.15. The van der Waals surface area contributed by atoms with Gasteiger partial charge in [0, 0.05) is 25.7 Å². The SMILES string of the molecule is O=C(N[C@H](CO)c1ccccc1)c1cn(CCCCN2N=NC3(C(=O)NCc4cc(C(F)(F)F)ccn4)CC23)nn1. The van der Waals surface area contributed by atoms with Gasteiger partial charge in [0.2, 0.25) is 0 Å². The number of fused-ring (bicyclic) bond motifs is 1. The van der Waals surface area contributed by atoms with Gasteiger partial charge in [0.15, 0.2) is 11.2 Å². The van der Waals surface area contributed by atoms with Crippen LogP contribution in [0.4, 0.5) is 13.2 Å². The Labute approximate surface area is 232 Å². The molecule has 2 aromatic heterocycles. The van der Waals surface area contributed by atoms with E-state index < -0.39 is 35.1 Å². The largest absolute Gasteiger partial charge is 0.416 e. The molecule has 0 saturated heterocycles. The summed E-state index contributed by atoms with van der Waals surface area (Å²) in [6.07, 6.45) is 0.0141. The number of alkyl halides is 3. The van der Waals surface area contributed by atoms with Gasteiger partial charge in [-0.2, -0.15) is 18.3 Å². The zero-order valence-electron chi connectivity index (χ0n) is 21.8. The molecule has 0 radical (unpaired) electrons. The second-order valence-electron chi connectivity index (χ2n) is 9.91. The van der Waals surface area contributed by atoms with Gasteiger partial charge in [-0.05, 0) is 30.5 Å². The van der Waals surface area contributed by atoms with Gasteiger partial charge >= 0.3 is 6.18 Å². The van der Waals surface area contributed by atoms with Crippen molar-refractivity contribution in [1.29, 1.82) is 0 Å². The summed E-state index contributed by atoms with van der Waals surface area (Å²) < 4.78 is 40.3. The van der Waals surface area contributed by atoms with Crippen molar-refractivity contribution < 1.29 is 27.9 Å². The van der Waals surface area contributed by atoms with Crippen molar-refractivity contribution in [3.63, 3.8) is 0 Å². The molecule has 3 N–H and O–H groups in total. The van der Waals surface area contributed by atoms with Crippen LogP contribution in [0.3, 0.4) is 0 Å². The molecular formula is C26H28F3N9O3. The number of carbonyl (C=O) groups is 2. The highest BCUT2D eigenvalue weighted by atomic mass is 19.4. The van der Waals surface area contributed by atoms with Crippen LogP contribution in [0.15, 0.2) is 65.2 Å². The van der Waals surface area contributed by atoms with Gasteiger partial charge in [0.05, 0.1) is 42.7 Å². The Hall–Kier alpha value is -4.40. The topological polar surface area (TPSA) is 150 Å². The number of amides is 2. The van der Waals surface area contributed by atoms with Crippen molar-refractivity contribution in [2.24, 2.45) is 10.3 Å². The Bertz CT molecular complexity index is 1420. The number of carbonyl (C=O) groups excluding carboxylic acids is 2. The molecule has 2 amide bonds. The van der Waals surface area contributed by atoms with E-state index in [1.165, 1.54) is 0 Å². The van der Waals surface area contributed by atoms with Crippen LogP contribution in [0, 0.1) is 0 Å². The number of aromatic nitrogens is 4. The average molecular weight is 572 g/mol. The van der Waals surface area contributed by atoms with Gasteiger partial charge in [-0.1, -0.05) is 40.8 Å². The van der Waals surface area contributed by atoms with Crippen molar-refractivity contribution in [1.82, 2.24) is 35.6 Å². The molecule has 1 fully saturated rings. The van der Waals surface area contributed by atoms with Gasteiger partial charge in [-0.3, -0.25) is 24.3 Å².